The number of rotatable bonds is 6. The highest BCUT2D eigenvalue weighted by Crippen LogP contribution is 2.26. The van der Waals surface area contributed by atoms with Crippen LogP contribution in [0.1, 0.15) is 0 Å². The molecule has 0 amide bonds. The quantitative estimate of drug-likeness (QED) is 0.567. The average Bonchev–Trinajstić information content (AvgIpc) is 2.48. The first-order chi connectivity index (χ1) is 11.6. The van der Waals surface area contributed by atoms with E-state index in [0.717, 1.165) is 24.3 Å². The molecular weight excluding hydrogens is 357 g/mol. The summed E-state index contributed by atoms with van der Waals surface area (Å²) < 4.78 is 89.7. The van der Waals surface area contributed by atoms with Crippen LogP contribution in [0.2, 0.25) is 0 Å². The number of hydrogen-bond donors (Lipinski definition) is 0. The zero-order chi connectivity index (χ0) is 18.5. The number of ether oxygens (including phenoxy) is 2. The van der Waals surface area contributed by atoms with Crippen LogP contribution < -0.4 is 18.8 Å². The molecular formula is C14H9BF6O4. The smallest absolute Gasteiger partial charge is 0.529 e. The molecule has 0 unspecified atom stereocenters. The van der Waals surface area contributed by atoms with E-state index in [9.17, 15) is 26.3 Å². The molecule has 0 N–H and O–H groups in total. The van der Waals surface area contributed by atoms with Gasteiger partial charge in [-0.2, -0.15) is 0 Å². The van der Waals surface area contributed by atoms with Gasteiger partial charge in [0.05, 0.1) is 0 Å². The molecule has 0 saturated carbocycles. The van der Waals surface area contributed by atoms with Gasteiger partial charge < -0.3 is 18.8 Å². The third-order valence-electron chi connectivity index (χ3n) is 2.57. The van der Waals surface area contributed by atoms with Crippen LogP contribution in [0.5, 0.6) is 23.0 Å². The lowest BCUT2D eigenvalue weighted by Crippen LogP contribution is -2.17. The maximum Gasteiger partial charge on any atom is 0.576 e. The zero-order valence-corrected chi connectivity index (χ0v) is 12.2. The molecule has 0 aliphatic heterocycles. The van der Waals surface area contributed by atoms with Gasteiger partial charge in [0.25, 0.3) is 0 Å². The van der Waals surface area contributed by atoms with Crippen molar-refractivity contribution >= 4 is 7.69 Å². The summed E-state index contributed by atoms with van der Waals surface area (Å²) in [5.74, 6) is -0.375. The molecule has 0 bridgehead atoms. The van der Waals surface area contributed by atoms with Crippen LogP contribution in [0.15, 0.2) is 48.5 Å². The molecule has 0 heterocycles. The van der Waals surface area contributed by atoms with E-state index in [4.69, 9.17) is 9.31 Å². The summed E-state index contributed by atoms with van der Waals surface area (Å²) in [5.41, 5.74) is 0. The molecule has 0 aliphatic rings. The highest BCUT2D eigenvalue weighted by atomic mass is 19.4. The number of hydrogen-bond acceptors (Lipinski definition) is 4. The Labute approximate surface area is 138 Å². The van der Waals surface area contributed by atoms with Gasteiger partial charge in [-0.1, -0.05) is 0 Å². The second kappa shape index (κ2) is 7.45. The molecule has 11 heteroatoms. The van der Waals surface area contributed by atoms with Gasteiger partial charge in [-0.05, 0) is 48.5 Å². The lowest BCUT2D eigenvalue weighted by Gasteiger charge is -2.11. The lowest BCUT2D eigenvalue weighted by atomic mass is 10.3. The van der Waals surface area contributed by atoms with Gasteiger partial charge in [0.2, 0.25) is 0 Å². The molecule has 0 radical (unpaired) electrons. The van der Waals surface area contributed by atoms with Crippen molar-refractivity contribution in [3.8, 4) is 23.0 Å². The van der Waals surface area contributed by atoms with Gasteiger partial charge in [0, 0.05) is 0 Å². The minimum absolute atomic E-state index is 0.214. The van der Waals surface area contributed by atoms with Crippen molar-refractivity contribution in [2.75, 3.05) is 0 Å². The average molecular weight is 366 g/mol. The second-order valence-corrected chi connectivity index (χ2v) is 4.44. The van der Waals surface area contributed by atoms with Crippen molar-refractivity contribution in [2.45, 2.75) is 12.7 Å². The van der Waals surface area contributed by atoms with E-state index in [1.807, 2.05) is 0 Å². The van der Waals surface area contributed by atoms with Gasteiger partial charge >= 0.3 is 20.4 Å². The maximum atomic E-state index is 12.0. The fourth-order valence-electron chi connectivity index (χ4n) is 1.64. The fourth-order valence-corrected chi connectivity index (χ4v) is 1.64. The molecule has 0 spiro atoms. The first kappa shape index (κ1) is 18.6. The van der Waals surface area contributed by atoms with E-state index in [0.29, 0.717) is 0 Å². The van der Waals surface area contributed by atoms with Gasteiger partial charge in [0.15, 0.2) is 0 Å². The van der Waals surface area contributed by atoms with Crippen molar-refractivity contribution in [2.24, 2.45) is 0 Å². The molecule has 134 valence electrons. The van der Waals surface area contributed by atoms with Crippen LogP contribution in [0.25, 0.3) is 0 Å². The van der Waals surface area contributed by atoms with E-state index < -0.39 is 24.2 Å². The molecule has 0 saturated heterocycles. The minimum atomic E-state index is -4.78. The predicted octanol–water partition coefficient (Wildman–Crippen LogP) is 4.21. The topological polar surface area (TPSA) is 36.9 Å². The number of alkyl halides is 6. The highest BCUT2D eigenvalue weighted by molar-refractivity contribution is 6.20. The normalized spacial score (nSPS) is 11.6. The Morgan fingerprint density at radius 1 is 0.520 bits per heavy atom. The fraction of sp³-hybridized carbons (Fsp3) is 0.143. The van der Waals surface area contributed by atoms with Crippen molar-refractivity contribution in [1.29, 1.82) is 0 Å². The van der Waals surface area contributed by atoms with Gasteiger partial charge in [-0.3, -0.25) is 0 Å². The summed E-state index contributed by atoms with van der Waals surface area (Å²) in [4.78, 5) is 0. The molecule has 0 aromatic heterocycles. The Bertz CT molecular complexity index is 610. The summed E-state index contributed by atoms with van der Waals surface area (Å²) in [5, 5.41) is 0. The van der Waals surface area contributed by atoms with E-state index in [1.165, 1.54) is 24.3 Å². The third-order valence-corrected chi connectivity index (χ3v) is 2.57. The molecule has 25 heavy (non-hydrogen) atoms. The van der Waals surface area contributed by atoms with E-state index >= 15 is 0 Å². The molecule has 2 aromatic rings. The Balaban J connectivity index is 1.80. The minimum Gasteiger partial charge on any atom is -0.529 e. The maximum absolute atomic E-state index is 12.0. The largest absolute Gasteiger partial charge is 0.576 e. The second-order valence-electron chi connectivity index (χ2n) is 4.44. The van der Waals surface area contributed by atoms with Crippen molar-refractivity contribution in [3.05, 3.63) is 48.5 Å². The molecule has 0 fully saturated rings. The monoisotopic (exact) mass is 366 g/mol. The standard InChI is InChI=1S/C14H9BF6O4/c16-13(17,18)22-9-1-5-11(6-2-9)24-15-25-12-7-3-10(4-8-12)23-14(19,20)21/h1-8,15H. The van der Waals surface area contributed by atoms with Crippen LogP contribution in [0.3, 0.4) is 0 Å². The molecule has 0 atom stereocenters. The van der Waals surface area contributed by atoms with Crippen molar-refractivity contribution in [1.82, 2.24) is 0 Å². The highest BCUT2D eigenvalue weighted by Gasteiger charge is 2.31. The first-order valence-electron chi connectivity index (χ1n) is 6.58. The van der Waals surface area contributed by atoms with Crippen LogP contribution in [-0.2, 0) is 0 Å². The van der Waals surface area contributed by atoms with Crippen LogP contribution in [-0.4, -0.2) is 20.4 Å². The van der Waals surface area contributed by atoms with Gasteiger partial charge in [-0.25, -0.2) is 0 Å². The van der Waals surface area contributed by atoms with Gasteiger partial charge in [0.1, 0.15) is 23.0 Å². The Morgan fingerprint density at radius 2 is 0.800 bits per heavy atom. The van der Waals surface area contributed by atoms with Gasteiger partial charge in [-0.15, -0.1) is 26.3 Å². The summed E-state index contributed by atoms with van der Waals surface area (Å²) in [7, 11) is -0.307. The molecule has 4 nitrogen and oxygen atoms in total. The van der Waals surface area contributed by atoms with Crippen LogP contribution >= 0.6 is 0 Å². The van der Waals surface area contributed by atoms with E-state index in [-0.39, 0.29) is 19.2 Å². The van der Waals surface area contributed by atoms with Crippen LogP contribution in [0, 0.1) is 0 Å². The molecule has 2 rings (SSSR count). The zero-order valence-electron chi connectivity index (χ0n) is 12.2. The summed E-state index contributed by atoms with van der Waals surface area (Å²) >= 11 is 0. The lowest BCUT2D eigenvalue weighted by molar-refractivity contribution is -0.275. The molecule has 2 aromatic carbocycles. The summed E-state index contributed by atoms with van der Waals surface area (Å²) in [6.07, 6.45) is -9.57. The van der Waals surface area contributed by atoms with E-state index in [1.54, 1.807) is 0 Å². The predicted molar refractivity (Wildman–Crippen MR) is 74.7 cm³/mol. The Morgan fingerprint density at radius 3 is 1.08 bits per heavy atom. The summed E-state index contributed by atoms with van der Waals surface area (Å²) in [6, 6.07) is 9.21. The van der Waals surface area contributed by atoms with Crippen molar-refractivity contribution in [3.63, 3.8) is 0 Å². The third kappa shape index (κ3) is 7.15. The summed E-state index contributed by atoms with van der Waals surface area (Å²) in [6.45, 7) is 0. The first-order valence-corrected chi connectivity index (χ1v) is 6.58. The Kier molecular flexibility index (Phi) is 5.55. The number of benzene rings is 2. The number of halogens is 6. The van der Waals surface area contributed by atoms with Crippen molar-refractivity contribution < 1.29 is 45.1 Å². The van der Waals surface area contributed by atoms with Crippen LogP contribution in [0.4, 0.5) is 26.3 Å². The molecule has 0 aliphatic carbocycles. The van der Waals surface area contributed by atoms with E-state index in [2.05, 4.69) is 9.47 Å². The Hall–Kier alpha value is -2.72. The SMILES string of the molecule is FC(F)(F)Oc1ccc(OBOc2ccc(OC(F)(F)F)cc2)cc1.